The molecule has 1 aliphatic heterocycles. The highest BCUT2D eigenvalue weighted by Crippen LogP contribution is 2.31. The van der Waals surface area contributed by atoms with E-state index < -0.39 is 54.0 Å². The fraction of sp³-hybridized carbons (Fsp3) is 0.692. The molecule has 0 radical (unpaired) electrons. The van der Waals surface area contributed by atoms with Crippen molar-refractivity contribution >= 4 is 35.5 Å². The zero-order valence-electron chi connectivity index (χ0n) is 12.9. The lowest BCUT2D eigenvalue weighted by molar-refractivity contribution is -0.282. The van der Waals surface area contributed by atoms with E-state index in [9.17, 15) is 19.2 Å². The largest absolute Gasteiger partial charge is 0.454 e. The third-order valence-corrected chi connectivity index (χ3v) is 2.98. The van der Waals surface area contributed by atoms with Crippen molar-refractivity contribution in [3.05, 3.63) is 0 Å². The molecule has 1 saturated heterocycles. The Balaban J connectivity index is 3.15. The van der Waals surface area contributed by atoms with E-state index in [4.69, 9.17) is 35.3 Å². The second-order valence-corrected chi connectivity index (χ2v) is 5.12. The minimum Gasteiger partial charge on any atom is -0.454 e. The van der Waals surface area contributed by atoms with Gasteiger partial charge in [0.2, 0.25) is 12.4 Å². The van der Waals surface area contributed by atoms with E-state index in [2.05, 4.69) is 0 Å². The highest BCUT2D eigenvalue weighted by Gasteiger charge is 2.52. The summed E-state index contributed by atoms with van der Waals surface area (Å²) in [4.78, 5) is 45.0. The molecule has 0 saturated carbocycles. The van der Waals surface area contributed by atoms with Crippen LogP contribution in [-0.2, 0) is 42.9 Å². The zero-order valence-corrected chi connectivity index (χ0v) is 13.7. The highest BCUT2D eigenvalue weighted by molar-refractivity contribution is 6.20. The predicted molar refractivity (Wildman–Crippen MR) is 72.9 cm³/mol. The van der Waals surface area contributed by atoms with Gasteiger partial charge in [0.25, 0.3) is 0 Å². The van der Waals surface area contributed by atoms with Crippen molar-refractivity contribution in [1.29, 1.82) is 0 Å². The molecular weight excluding hydrogens is 336 g/mol. The molecule has 23 heavy (non-hydrogen) atoms. The van der Waals surface area contributed by atoms with Gasteiger partial charge in [0, 0.05) is 27.7 Å². The number of ether oxygens (including phenoxy) is 5. The molecule has 1 fully saturated rings. The van der Waals surface area contributed by atoms with Gasteiger partial charge in [-0.3, -0.25) is 19.2 Å². The maximum absolute atomic E-state index is 11.3. The van der Waals surface area contributed by atoms with E-state index in [1.165, 1.54) is 0 Å². The van der Waals surface area contributed by atoms with E-state index in [1.54, 1.807) is 0 Å². The Morgan fingerprint density at radius 3 is 1.52 bits per heavy atom. The Bertz CT molecular complexity index is 492. The molecule has 1 aliphatic rings. The number of rotatable bonds is 4. The lowest BCUT2D eigenvalue weighted by Gasteiger charge is -2.41. The molecule has 5 atom stereocenters. The molecule has 0 aromatic rings. The van der Waals surface area contributed by atoms with Crippen LogP contribution in [0.15, 0.2) is 0 Å². The second-order valence-electron chi connectivity index (χ2n) is 4.69. The molecule has 130 valence electrons. The summed E-state index contributed by atoms with van der Waals surface area (Å²) in [5.41, 5.74) is -1.29. The van der Waals surface area contributed by atoms with Gasteiger partial charge in [-0.05, 0) is 0 Å². The average molecular weight is 353 g/mol. The molecular formula is C13H17ClO9. The van der Waals surface area contributed by atoms with Gasteiger partial charge in [0.05, 0.1) is 0 Å². The monoisotopic (exact) mass is 352 g/mol. The quantitative estimate of drug-likeness (QED) is 0.399. The van der Waals surface area contributed by atoms with Crippen molar-refractivity contribution in [1.82, 2.24) is 0 Å². The number of halogens is 1. The number of hydrogen-bond acceptors (Lipinski definition) is 9. The van der Waals surface area contributed by atoms with Crippen LogP contribution in [0, 0.1) is 0 Å². The molecule has 0 amide bonds. The number of hydrogen-bond donors (Lipinski definition) is 0. The van der Waals surface area contributed by atoms with Crippen LogP contribution in [0.25, 0.3) is 0 Å². The van der Waals surface area contributed by atoms with Gasteiger partial charge in [0.15, 0.2) is 17.8 Å². The molecule has 1 rings (SSSR count). The van der Waals surface area contributed by atoms with Gasteiger partial charge in [-0.15, -0.1) is 0 Å². The van der Waals surface area contributed by atoms with Gasteiger partial charge in [-0.25, -0.2) is 0 Å². The second kappa shape index (κ2) is 8.11. The Hall–Kier alpha value is -1.87. The van der Waals surface area contributed by atoms with E-state index in [1.807, 2.05) is 0 Å². The fourth-order valence-corrected chi connectivity index (χ4v) is 2.28. The summed E-state index contributed by atoms with van der Waals surface area (Å²) in [5.74, 6) is -2.93. The Labute approximate surface area is 137 Å². The lowest BCUT2D eigenvalue weighted by Crippen LogP contribution is -2.60. The van der Waals surface area contributed by atoms with Crippen molar-refractivity contribution in [3.8, 4) is 0 Å². The maximum Gasteiger partial charge on any atom is 0.305 e. The normalized spacial score (nSPS) is 30.0. The lowest BCUT2D eigenvalue weighted by atomic mass is 10.0. The predicted octanol–water partition coefficient (Wildman–Crippen LogP) is 0.266. The molecule has 0 aliphatic carbocycles. The molecule has 9 nitrogen and oxygen atoms in total. The van der Waals surface area contributed by atoms with Crippen LogP contribution in [0.5, 0.6) is 0 Å². The molecule has 10 heteroatoms. The molecule has 0 bridgehead atoms. The minimum absolute atomic E-state index is 0.714. The third-order valence-electron chi connectivity index (χ3n) is 2.63. The fourth-order valence-electron chi connectivity index (χ4n) is 1.98. The van der Waals surface area contributed by atoms with E-state index in [-0.39, 0.29) is 0 Å². The van der Waals surface area contributed by atoms with Crippen LogP contribution in [-0.4, -0.2) is 54.0 Å². The van der Waals surface area contributed by atoms with Gasteiger partial charge in [-0.1, -0.05) is 11.6 Å². The molecule has 0 spiro atoms. The van der Waals surface area contributed by atoms with Gasteiger partial charge >= 0.3 is 23.9 Å². The minimum atomic E-state index is -1.42. The van der Waals surface area contributed by atoms with E-state index in [0.29, 0.717) is 0 Å². The number of esters is 4. The van der Waals surface area contributed by atoms with Crippen molar-refractivity contribution in [3.63, 3.8) is 0 Å². The van der Waals surface area contributed by atoms with Crippen LogP contribution >= 0.6 is 11.6 Å². The summed E-state index contributed by atoms with van der Waals surface area (Å²) in [6.07, 6.45) is -5.33. The summed E-state index contributed by atoms with van der Waals surface area (Å²) in [6.45, 7) is 4.43. The Kier molecular flexibility index (Phi) is 6.77. The van der Waals surface area contributed by atoms with Gasteiger partial charge < -0.3 is 23.7 Å². The van der Waals surface area contributed by atoms with Gasteiger partial charge in [-0.2, -0.15) is 0 Å². The highest BCUT2D eigenvalue weighted by atomic mass is 35.5. The molecule has 0 N–H and O–H groups in total. The third kappa shape index (κ3) is 5.68. The zero-order chi connectivity index (χ0) is 17.7. The standard InChI is InChI=1S/C13H17ClO9/c1-5(15)19-9-10(20-6(2)16)12(14)23-13(22-8(4)18)11(9)21-7(3)17/h9-13H,1-4H3/t9-,10+,11+,12+,13+/m1/s1. The first kappa shape index (κ1) is 19.2. The summed E-state index contributed by atoms with van der Waals surface area (Å²) < 4.78 is 25.1. The summed E-state index contributed by atoms with van der Waals surface area (Å²) in [5, 5.41) is 0. The van der Waals surface area contributed by atoms with E-state index >= 15 is 0 Å². The Morgan fingerprint density at radius 1 is 0.696 bits per heavy atom. The summed E-state index contributed by atoms with van der Waals surface area (Å²) >= 11 is 5.96. The van der Waals surface area contributed by atoms with Crippen molar-refractivity contribution < 1.29 is 42.9 Å². The van der Waals surface area contributed by atoms with Crippen LogP contribution in [0.3, 0.4) is 0 Å². The van der Waals surface area contributed by atoms with Gasteiger partial charge in [0.1, 0.15) is 0 Å². The van der Waals surface area contributed by atoms with E-state index in [0.717, 1.165) is 27.7 Å². The van der Waals surface area contributed by atoms with Crippen LogP contribution in [0.4, 0.5) is 0 Å². The number of carbonyl (C=O) groups excluding carboxylic acids is 4. The van der Waals surface area contributed by atoms with Crippen molar-refractivity contribution in [2.45, 2.75) is 57.9 Å². The average Bonchev–Trinajstić information content (AvgIpc) is 2.36. The van der Waals surface area contributed by atoms with Crippen LogP contribution in [0.1, 0.15) is 27.7 Å². The SMILES string of the molecule is CC(=O)O[C@H]1O[C@H](Cl)[C@@H](OC(C)=O)[C@@H](OC(C)=O)[C@@H]1OC(C)=O. The molecule has 1 heterocycles. The smallest absolute Gasteiger partial charge is 0.305 e. The van der Waals surface area contributed by atoms with Crippen LogP contribution in [0.2, 0.25) is 0 Å². The summed E-state index contributed by atoms with van der Waals surface area (Å²) in [6, 6.07) is 0. The summed E-state index contributed by atoms with van der Waals surface area (Å²) in [7, 11) is 0. The molecule has 0 aromatic heterocycles. The number of alkyl halides is 1. The first-order chi connectivity index (χ1) is 10.6. The molecule has 0 unspecified atom stereocenters. The first-order valence-corrected chi connectivity index (χ1v) is 7.04. The topological polar surface area (TPSA) is 114 Å². The van der Waals surface area contributed by atoms with Crippen molar-refractivity contribution in [2.24, 2.45) is 0 Å². The van der Waals surface area contributed by atoms with Crippen LogP contribution < -0.4 is 0 Å². The Morgan fingerprint density at radius 2 is 1.09 bits per heavy atom. The molecule has 0 aromatic carbocycles. The first-order valence-electron chi connectivity index (χ1n) is 6.60. The van der Waals surface area contributed by atoms with Crippen molar-refractivity contribution in [2.75, 3.05) is 0 Å². The number of carbonyl (C=O) groups is 4. The maximum atomic E-state index is 11.3.